The molecule has 1 aliphatic rings. The second kappa shape index (κ2) is 12.7. The number of rotatable bonds is 11. The van der Waals surface area contributed by atoms with Crippen LogP contribution in [-0.2, 0) is 14.3 Å². The molecule has 1 saturated heterocycles. The smallest absolute Gasteiger partial charge is 0.344 e. The number of ether oxygens (including phenoxy) is 4. The van der Waals surface area contributed by atoms with Crippen molar-refractivity contribution in [1.82, 2.24) is 14.9 Å². The fraction of sp³-hybridized carbons (Fsp3) is 0.400. The summed E-state index contributed by atoms with van der Waals surface area (Å²) in [6.45, 7) is 6.68. The van der Waals surface area contributed by atoms with Gasteiger partial charge in [-0.05, 0) is 37.6 Å². The van der Waals surface area contributed by atoms with E-state index in [9.17, 15) is 4.79 Å². The number of morpholine rings is 1. The molecule has 186 valence electrons. The summed E-state index contributed by atoms with van der Waals surface area (Å²) in [6.07, 6.45) is 2.34. The van der Waals surface area contributed by atoms with Crippen molar-refractivity contribution < 1.29 is 23.7 Å². The first kappa shape index (κ1) is 25.2. The number of hydrogen-bond acceptors (Lipinski definition) is 9. The van der Waals surface area contributed by atoms with E-state index < -0.39 is 5.97 Å². The summed E-state index contributed by atoms with van der Waals surface area (Å²) in [7, 11) is 0. The van der Waals surface area contributed by atoms with Crippen LogP contribution in [0, 0.1) is 0 Å². The van der Waals surface area contributed by atoms with E-state index in [1.165, 1.54) is 6.33 Å². The van der Waals surface area contributed by atoms with Gasteiger partial charge in [0.1, 0.15) is 12.1 Å². The molecule has 0 amide bonds. The van der Waals surface area contributed by atoms with Crippen LogP contribution in [0.1, 0.15) is 13.3 Å². The predicted octanol–water partition coefficient (Wildman–Crippen LogP) is 4.18. The summed E-state index contributed by atoms with van der Waals surface area (Å²) in [5.74, 6) is 1.16. The van der Waals surface area contributed by atoms with Crippen molar-refractivity contribution >= 4 is 44.3 Å². The molecule has 2 heterocycles. The maximum atomic E-state index is 11.9. The van der Waals surface area contributed by atoms with Crippen molar-refractivity contribution in [1.29, 1.82) is 0 Å². The van der Waals surface area contributed by atoms with Crippen molar-refractivity contribution in [2.75, 3.05) is 58.0 Å². The van der Waals surface area contributed by atoms with Crippen LogP contribution >= 0.6 is 15.9 Å². The molecular formula is C25H29BrN4O5. The Kier molecular flexibility index (Phi) is 9.10. The minimum absolute atomic E-state index is 0.211. The molecule has 9 nitrogen and oxygen atoms in total. The molecule has 0 saturated carbocycles. The molecule has 10 heteroatoms. The third-order valence-electron chi connectivity index (χ3n) is 5.42. The maximum Gasteiger partial charge on any atom is 0.344 e. The topological polar surface area (TPSA) is 95.0 Å². The Hall–Kier alpha value is -2.95. The Labute approximate surface area is 212 Å². The fourth-order valence-corrected chi connectivity index (χ4v) is 4.13. The van der Waals surface area contributed by atoms with E-state index in [0.29, 0.717) is 36.0 Å². The quantitative estimate of drug-likeness (QED) is 0.281. The molecule has 1 N–H and O–H groups in total. The first-order valence-electron chi connectivity index (χ1n) is 11.6. The summed E-state index contributed by atoms with van der Waals surface area (Å²) >= 11 is 3.49. The zero-order chi connectivity index (χ0) is 24.5. The van der Waals surface area contributed by atoms with E-state index in [1.54, 1.807) is 13.0 Å². The zero-order valence-corrected chi connectivity index (χ0v) is 21.3. The van der Waals surface area contributed by atoms with Gasteiger partial charge in [0.05, 0.1) is 31.9 Å². The molecule has 3 aromatic rings. The second-order valence-electron chi connectivity index (χ2n) is 7.92. The van der Waals surface area contributed by atoms with Gasteiger partial charge in [-0.25, -0.2) is 14.8 Å². The van der Waals surface area contributed by atoms with E-state index >= 15 is 0 Å². The Bertz CT molecular complexity index is 1140. The summed E-state index contributed by atoms with van der Waals surface area (Å²) in [5.41, 5.74) is 1.55. The number of anilines is 2. The van der Waals surface area contributed by atoms with E-state index in [4.69, 9.17) is 18.9 Å². The van der Waals surface area contributed by atoms with Gasteiger partial charge >= 0.3 is 5.97 Å². The minimum Gasteiger partial charge on any atom is -0.490 e. The molecule has 0 radical (unpaired) electrons. The number of fused-ring (bicyclic) bond motifs is 1. The first-order valence-corrected chi connectivity index (χ1v) is 12.4. The van der Waals surface area contributed by atoms with E-state index in [2.05, 4.69) is 36.1 Å². The normalized spacial score (nSPS) is 14.0. The number of nitrogens with zero attached hydrogens (tertiary/aromatic N) is 3. The Morgan fingerprint density at radius 1 is 1.14 bits per heavy atom. The van der Waals surface area contributed by atoms with Gasteiger partial charge in [0.25, 0.3) is 0 Å². The highest BCUT2D eigenvalue weighted by Gasteiger charge is 2.15. The number of esters is 1. The number of benzene rings is 2. The molecule has 2 aromatic carbocycles. The van der Waals surface area contributed by atoms with Gasteiger partial charge in [0, 0.05) is 41.2 Å². The number of carbonyl (C=O) groups is 1. The summed E-state index contributed by atoms with van der Waals surface area (Å²) in [6, 6.07) is 11.4. The number of nitrogens with one attached hydrogen (secondary N) is 1. The molecule has 4 rings (SSSR count). The standard InChI is InChI=1S/C25H29BrN4O5/c1-2-33-24(31)16-35-23-15-21-20(14-22(23)34-10-4-7-30-8-11-32-12-9-30)25(28-17-27-21)29-19-6-3-5-18(26)13-19/h3,5-6,13-15,17H,2,4,7-12,16H2,1H3,(H,27,28,29). The highest BCUT2D eigenvalue weighted by molar-refractivity contribution is 9.10. The van der Waals surface area contributed by atoms with Crippen molar-refractivity contribution in [3.63, 3.8) is 0 Å². The first-order chi connectivity index (χ1) is 17.1. The highest BCUT2D eigenvalue weighted by Crippen LogP contribution is 2.35. The largest absolute Gasteiger partial charge is 0.490 e. The Balaban J connectivity index is 1.54. The molecule has 35 heavy (non-hydrogen) atoms. The van der Waals surface area contributed by atoms with Crippen LogP contribution in [0.5, 0.6) is 11.5 Å². The van der Waals surface area contributed by atoms with Crippen LogP contribution in [0.3, 0.4) is 0 Å². The van der Waals surface area contributed by atoms with Crippen LogP contribution in [0.15, 0.2) is 47.2 Å². The molecule has 0 spiro atoms. The molecule has 1 aromatic heterocycles. The van der Waals surface area contributed by atoms with Crippen molar-refractivity contribution in [3.05, 3.63) is 47.2 Å². The SMILES string of the molecule is CCOC(=O)COc1cc2ncnc(Nc3cccc(Br)c3)c2cc1OCCCN1CCOCC1. The second-order valence-corrected chi connectivity index (χ2v) is 8.84. The van der Waals surface area contributed by atoms with E-state index in [1.807, 2.05) is 30.3 Å². The maximum absolute atomic E-state index is 11.9. The Morgan fingerprint density at radius 2 is 1.97 bits per heavy atom. The molecule has 1 fully saturated rings. The average Bonchev–Trinajstić information content (AvgIpc) is 2.86. The van der Waals surface area contributed by atoms with Gasteiger partial charge in [0.2, 0.25) is 0 Å². The van der Waals surface area contributed by atoms with Gasteiger partial charge in [0.15, 0.2) is 18.1 Å². The third kappa shape index (κ3) is 7.27. The lowest BCUT2D eigenvalue weighted by molar-refractivity contribution is -0.145. The molecule has 1 aliphatic heterocycles. The lowest BCUT2D eigenvalue weighted by Gasteiger charge is -2.26. The van der Waals surface area contributed by atoms with Gasteiger partial charge in [-0.15, -0.1) is 0 Å². The number of halogens is 1. The van der Waals surface area contributed by atoms with Crippen molar-refractivity contribution in [3.8, 4) is 11.5 Å². The molecular weight excluding hydrogens is 516 g/mol. The molecule has 0 atom stereocenters. The van der Waals surface area contributed by atoms with Gasteiger partial charge in [-0.2, -0.15) is 0 Å². The van der Waals surface area contributed by atoms with E-state index in [0.717, 1.165) is 54.8 Å². The summed E-state index contributed by atoms with van der Waals surface area (Å²) in [4.78, 5) is 23.1. The highest BCUT2D eigenvalue weighted by atomic mass is 79.9. The van der Waals surface area contributed by atoms with Crippen LogP contribution in [0.4, 0.5) is 11.5 Å². The van der Waals surface area contributed by atoms with Crippen molar-refractivity contribution in [2.24, 2.45) is 0 Å². The van der Waals surface area contributed by atoms with Crippen LogP contribution in [-0.4, -0.2) is 73.5 Å². The molecule has 0 aliphatic carbocycles. The number of carbonyl (C=O) groups excluding carboxylic acids is 1. The zero-order valence-electron chi connectivity index (χ0n) is 19.7. The van der Waals surface area contributed by atoms with Crippen LogP contribution in [0.2, 0.25) is 0 Å². The Morgan fingerprint density at radius 3 is 2.77 bits per heavy atom. The summed E-state index contributed by atoms with van der Waals surface area (Å²) in [5, 5.41) is 4.12. The lowest BCUT2D eigenvalue weighted by Crippen LogP contribution is -2.37. The van der Waals surface area contributed by atoms with Gasteiger partial charge in [-0.1, -0.05) is 22.0 Å². The monoisotopic (exact) mass is 544 g/mol. The van der Waals surface area contributed by atoms with E-state index in [-0.39, 0.29) is 6.61 Å². The van der Waals surface area contributed by atoms with Crippen LogP contribution < -0.4 is 14.8 Å². The predicted molar refractivity (Wildman–Crippen MR) is 136 cm³/mol. The molecule has 0 unspecified atom stereocenters. The lowest BCUT2D eigenvalue weighted by atomic mass is 10.2. The van der Waals surface area contributed by atoms with Gasteiger partial charge < -0.3 is 24.3 Å². The fourth-order valence-electron chi connectivity index (χ4n) is 3.73. The average molecular weight is 545 g/mol. The van der Waals surface area contributed by atoms with Gasteiger partial charge in [-0.3, -0.25) is 4.90 Å². The number of aromatic nitrogens is 2. The third-order valence-corrected chi connectivity index (χ3v) is 5.91. The minimum atomic E-state index is -0.439. The number of hydrogen-bond donors (Lipinski definition) is 1. The van der Waals surface area contributed by atoms with Crippen molar-refractivity contribution in [2.45, 2.75) is 13.3 Å². The molecule has 0 bridgehead atoms. The summed E-state index contributed by atoms with van der Waals surface area (Å²) < 4.78 is 23.3. The van der Waals surface area contributed by atoms with Crippen LogP contribution in [0.25, 0.3) is 10.9 Å².